The summed E-state index contributed by atoms with van der Waals surface area (Å²) in [5.74, 6) is -0.146. The van der Waals surface area contributed by atoms with Crippen molar-refractivity contribution in [2.24, 2.45) is 7.05 Å². The van der Waals surface area contributed by atoms with Gasteiger partial charge in [-0.05, 0) is 49.6 Å². The van der Waals surface area contributed by atoms with E-state index >= 15 is 0 Å². The largest absolute Gasteiger partial charge is 0.351 e. The monoisotopic (exact) mass is 361 g/mol. The fourth-order valence-corrected chi connectivity index (χ4v) is 3.66. The van der Waals surface area contributed by atoms with Gasteiger partial charge in [0.05, 0.1) is 0 Å². The van der Waals surface area contributed by atoms with E-state index in [9.17, 15) is 9.59 Å². The maximum Gasteiger partial charge on any atom is 0.254 e. The highest BCUT2D eigenvalue weighted by atomic mass is 16.2. The van der Waals surface area contributed by atoms with Crippen molar-refractivity contribution in [1.29, 1.82) is 0 Å². The van der Waals surface area contributed by atoms with Crippen molar-refractivity contribution in [3.63, 3.8) is 0 Å². The Morgan fingerprint density at radius 2 is 1.81 bits per heavy atom. The van der Waals surface area contributed by atoms with Crippen LogP contribution in [-0.4, -0.2) is 40.4 Å². The number of piperazine rings is 1. The fourth-order valence-electron chi connectivity index (χ4n) is 3.66. The molecule has 1 saturated heterocycles. The molecule has 3 aromatic rings. The molecule has 0 N–H and O–H groups in total. The Morgan fingerprint density at radius 1 is 1.07 bits per heavy atom. The van der Waals surface area contributed by atoms with Gasteiger partial charge >= 0.3 is 0 Å². The smallest absolute Gasteiger partial charge is 0.254 e. The summed E-state index contributed by atoms with van der Waals surface area (Å²) in [6.45, 7) is 4.61. The Morgan fingerprint density at radius 3 is 2.56 bits per heavy atom. The van der Waals surface area contributed by atoms with Gasteiger partial charge in [0.15, 0.2) is 0 Å². The van der Waals surface area contributed by atoms with Crippen molar-refractivity contribution < 1.29 is 9.59 Å². The van der Waals surface area contributed by atoms with Crippen LogP contribution >= 0.6 is 0 Å². The molecule has 5 heteroatoms. The SMILES string of the molecule is Cc1ccc(N2C[C@H](C)N(C(=O)c3ccc4ccn(C)c4c3)CC2=O)cc1. The number of amides is 2. The first kappa shape index (κ1) is 17.3. The molecule has 1 aliphatic heterocycles. The van der Waals surface area contributed by atoms with Crippen LogP contribution in [0.15, 0.2) is 54.7 Å². The second-order valence-corrected chi connectivity index (χ2v) is 7.32. The zero-order valence-electron chi connectivity index (χ0n) is 15.8. The van der Waals surface area contributed by atoms with Crippen molar-refractivity contribution in [2.45, 2.75) is 19.9 Å². The zero-order chi connectivity index (χ0) is 19.1. The van der Waals surface area contributed by atoms with Crippen LogP contribution in [0.4, 0.5) is 5.69 Å². The van der Waals surface area contributed by atoms with Gasteiger partial charge in [0.25, 0.3) is 5.91 Å². The van der Waals surface area contributed by atoms with Crippen molar-refractivity contribution >= 4 is 28.4 Å². The lowest BCUT2D eigenvalue weighted by atomic mass is 10.1. The molecule has 0 bridgehead atoms. The number of carbonyl (C=O) groups is 2. The van der Waals surface area contributed by atoms with E-state index in [1.807, 2.05) is 80.2 Å². The highest BCUT2D eigenvalue weighted by Crippen LogP contribution is 2.23. The summed E-state index contributed by atoms with van der Waals surface area (Å²) in [4.78, 5) is 29.2. The molecule has 0 aliphatic carbocycles. The molecule has 2 amide bonds. The molecule has 0 radical (unpaired) electrons. The maximum atomic E-state index is 13.1. The minimum absolute atomic E-state index is 0.0507. The minimum atomic E-state index is -0.0949. The molecule has 1 atom stereocenters. The van der Waals surface area contributed by atoms with Gasteiger partial charge in [-0.15, -0.1) is 0 Å². The van der Waals surface area contributed by atoms with Crippen LogP contribution in [0.2, 0.25) is 0 Å². The molecular formula is C22H23N3O2. The molecule has 0 spiro atoms. The van der Waals surface area contributed by atoms with Gasteiger partial charge in [-0.25, -0.2) is 0 Å². The molecule has 138 valence electrons. The van der Waals surface area contributed by atoms with Gasteiger partial charge in [0, 0.05) is 42.6 Å². The standard InChI is InChI=1S/C22H23N3O2/c1-15-4-8-19(9-5-15)25-13-16(2)24(14-21(25)26)22(27)18-7-6-17-10-11-23(3)20(17)12-18/h4-12,16H,13-14H2,1-3H3/t16-/m0/s1. The number of hydrogen-bond donors (Lipinski definition) is 0. The summed E-state index contributed by atoms with van der Waals surface area (Å²) in [7, 11) is 1.96. The van der Waals surface area contributed by atoms with E-state index in [0.717, 1.165) is 22.2 Å². The first-order chi connectivity index (χ1) is 12.9. The first-order valence-corrected chi connectivity index (χ1v) is 9.17. The number of anilines is 1. The number of rotatable bonds is 2. The molecular weight excluding hydrogens is 338 g/mol. The number of aryl methyl sites for hydroxylation is 2. The predicted octanol–water partition coefficient (Wildman–Crippen LogP) is 3.36. The molecule has 5 nitrogen and oxygen atoms in total. The predicted molar refractivity (Wildman–Crippen MR) is 107 cm³/mol. The topological polar surface area (TPSA) is 45.5 Å². The van der Waals surface area contributed by atoms with E-state index in [1.54, 1.807) is 9.80 Å². The normalized spacial score (nSPS) is 17.6. The van der Waals surface area contributed by atoms with Crippen molar-refractivity contribution in [3.05, 3.63) is 65.9 Å². The maximum absolute atomic E-state index is 13.1. The Bertz CT molecular complexity index is 1020. The molecule has 4 rings (SSSR count). The van der Waals surface area contributed by atoms with Gasteiger partial charge in [-0.2, -0.15) is 0 Å². The van der Waals surface area contributed by atoms with Crippen LogP contribution < -0.4 is 4.90 Å². The quantitative estimate of drug-likeness (QED) is 0.703. The lowest BCUT2D eigenvalue weighted by Crippen LogP contribution is -2.57. The fraction of sp³-hybridized carbons (Fsp3) is 0.273. The number of hydrogen-bond acceptors (Lipinski definition) is 2. The van der Waals surface area contributed by atoms with Crippen molar-refractivity contribution in [2.75, 3.05) is 18.0 Å². The summed E-state index contributed by atoms with van der Waals surface area (Å²) in [5.41, 5.74) is 3.67. The van der Waals surface area contributed by atoms with Crippen LogP contribution in [0.25, 0.3) is 10.9 Å². The number of benzene rings is 2. The molecule has 0 saturated carbocycles. The number of nitrogens with zero attached hydrogens (tertiary/aromatic N) is 3. The van der Waals surface area contributed by atoms with Crippen LogP contribution in [0.3, 0.4) is 0 Å². The number of carbonyl (C=O) groups excluding carboxylic acids is 2. The van der Waals surface area contributed by atoms with Gasteiger partial charge < -0.3 is 14.4 Å². The first-order valence-electron chi connectivity index (χ1n) is 9.17. The highest BCUT2D eigenvalue weighted by Gasteiger charge is 2.33. The van der Waals surface area contributed by atoms with E-state index < -0.39 is 0 Å². The van der Waals surface area contributed by atoms with Crippen molar-refractivity contribution in [3.8, 4) is 0 Å². The third-order valence-electron chi connectivity index (χ3n) is 5.33. The Labute approximate surface area is 158 Å². The second-order valence-electron chi connectivity index (χ2n) is 7.32. The van der Waals surface area contributed by atoms with Gasteiger partial charge in [-0.1, -0.05) is 23.8 Å². The van der Waals surface area contributed by atoms with Crippen LogP contribution in [0.1, 0.15) is 22.8 Å². The number of aromatic nitrogens is 1. The zero-order valence-corrected chi connectivity index (χ0v) is 15.8. The lowest BCUT2D eigenvalue weighted by Gasteiger charge is -2.39. The third-order valence-corrected chi connectivity index (χ3v) is 5.33. The summed E-state index contributed by atoms with van der Waals surface area (Å²) in [6, 6.07) is 15.6. The summed E-state index contributed by atoms with van der Waals surface area (Å²) in [5, 5.41) is 1.10. The lowest BCUT2D eigenvalue weighted by molar-refractivity contribution is -0.121. The van der Waals surface area contributed by atoms with E-state index in [1.165, 1.54) is 0 Å². The number of fused-ring (bicyclic) bond motifs is 1. The third kappa shape index (κ3) is 3.10. The van der Waals surface area contributed by atoms with Crippen LogP contribution in [0.5, 0.6) is 0 Å². The highest BCUT2D eigenvalue weighted by molar-refractivity contribution is 6.03. The molecule has 1 aliphatic rings. The molecule has 27 heavy (non-hydrogen) atoms. The van der Waals surface area contributed by atoms with E-state index in [-0.39, 0.29) is 24.4 Å². The minimum Gasteiger partial charge on any atom is -0.351 e. The van der Waals surface area contributed by atoms with Gasteiger partial charge in [0.2, 0.25) is 5.91 Å². The average molecular weight is 361 g/mol. The van der Waals surface area contributed by atoms with Crippen LogP contribution in [0, 0.1) is 6.92 Å². The van der Waals surface area contributed by atoms with Gasteiger partial charge in [-0.3, -0.25) is 9.59 Å². The molecule has 1 aromatic heterocycles. The van der Waals surface area contributed by atoms with Crippen molar-refractivity contribution in [1.82, 2.24) is 9.47 Å². The summed E-state index contributed by atoms with van der Waals surface area (Å²) >= 11 is 0. The Hall–Kier alpha value is -3.08. The molecule has 2 heterocycles. The van der Waals surface area contributed by atoms with E-state index in [0.29, 0.717) is 12.1 Å². The Kier molecular flexibility index (Phi) is 4.22. The van der Waals surface area contributed by atoms with Crippen LogP contribution in [-0.2, 0) is 11.8 Å². The van der Waals surface area contributed by atoms with Gasteiger partial charge in [0.1, 0.15) is 6.54 Å². The summed E-state index contributed by atoms with van der Waals surface area (Å²) < 4.78 is 2.00. The van der Waals surface area contributed by atoms with E-state index in [2.05, 4.69) is 0 Å². The molecule has 2 aromatic carbocycles. The van der Waals surface area contributed by atoms with E-state index in [4.69, 9.17) is 0 Å². The Balaban J connectivity index is 1.57. The second kappa shape index (κ2) is 6.58. The summed E-state index contributed by atoms with van der Waals surface area (Å²) in [6.07, 6.45) is 1.98. The molecule has 1 fully saturated rings. The molecule has 0 unspecified atom stereocenters. The average Bonchev–Trinajstić information content (AvgIpc) is 3.04.